The van der Waals surface area contributed by atoms with E-state index < -0.39 is 89.4 Å². The Bertz CT molecular complexity index is 2830. The SMILES string of the molecule is CCCCCCCCCCCCCCCCCC(=O)NCCCNC(=O)/C=N/NCC(=O)NCCCC[C@H](NC(=O)[C@H](C)NC(=O)[C@H](CCCC)NC(C)=O)C(=O)N[C@H](Cc1ccccc1)C(=O)N[C@@H](CCCN=C(N)N)C(=O)N[C@@H](Cc1c[nH]c2ccccc12)C(N)=O. The van der Waals surface area contributed by atoms with Gasteiger partial charge in [-0.15, -0.1) is 0 Å². The maximum absolute atomic E-state index is 14.6. The summed E-state index contributed by atoms with van der Waals surface area (Å²) in [7, 11) is 0. The number of para-hydroxylation sites is 1. The van der Waals surface area contributed by atoms with Gasteiger partial charge in [0.25, 0.3) is 5.91 Å². The third-order valence-corrected chi connectivity index (χ3v) is 15.9. The van der Waals surface area contributed by atoms with E-state index in [0.717, 1.165) is 42.8 Å². The number of nitrogens with one attached hydrogen (secondary N) is 11. The van der Waals surface area contributed by atoms with Crippen LogP contribution >= 0.6 is 0 Å². The van der Waals surface area contributed by atoms with Crippen LogP contribution in [-0.2, 0) is 60.8 Å². The molecule has 1 heterocycles. The second-order valence-corrected chi connectivity index (χ2v) is 24.1. The van der Waals surface area contributed by atoms with E-state index in [1.807, 2.05) is 31.2 Å². The van der Waals surface area contributed by atoms with E-state index in [2.05, 4.69) is 75.3 Å². The lowest BCUT2D eigenvalue weighted by molar-refractivity contribution is -0.135. The van der Waals surface area contributed by atoms with Crippen LogP contribution in [0.3, 0.4) is 0 Å². The zero-order valence-electron chi connectivity index (χ0n) is 56.2. The molecule has 26 heteroatoms. The molecule has 0 aliphatic rings. The second-order valence-electron chi connectivity index (χ2n) is 24.1. The fourth-order valence-corrected chi connectivity index (χ4v) is 10.6. The second kappa shape index (κ2) is 48.2. The average Bonchev–Trinajstić information content (AvgIpc) is 1.62. The molecule has 1 aromatic heterocycles. The summed E-state index contributed by atoms with van der Waals surface area (Å²) in [6, 6.07) is 8.91. The van der Waals surface area contributed by atoms with Gasteiger partial charge >= 0.3 is 0 Å². The number of carbonyl (C=O) groups is 10. The molecule has 0 fully saturated rings. The molecule has 0 unspecified atom stereocenters. The predicted molar refractivity (Wildman–Crippen MR) is 367 cm³/mol. The number of fused-ring (bicyclic) bond motifs is 1. The molecule has 0 spiro atoms. The Morgan fingerprint density at radius 1 is 0.500 bits per heavy atom. The smallest absolute Gasteiger partial charge is 0.264 e. The maximum atomic E-state index is 14.6. The number of primary amides is 1. The van der Waals surface area contributed by atoms with Crippen LogP contribution in [0, 0.1) is 0 Å². The van der Waals surface area contributed by atoms with Crippen molar-refractivity contribution in [1.82, 2.24) is 58.3 Å². The molecule has 3 aromatic rings. The number of nitrogens with zero attached hydrogens (tertiary/aromatic N) is 2. The highest BCUT2D eigenvalue weighted by molar-refractivity contribution is 6.26. The number of hydrogen-bond donors (Lipinski definition) is 14. The summed E-state index contributed by atoms with van der Waals surface area (Å²) in [6.45, 7) is 7.60. The van der Waals surface area contributed by atoms with Crippen molar-refractivity contribution in [2.24, 2.45) is 27.3 Å². The van der Waals surface area contributed by atoms with Gasteiger partial charge in [0, 0.05) is 69.5 Å². The Balaban J connectivity index is 1.59. The number of aliphatic imine (C=N–C) groups is 1. The van der Waals surface area contributed by atoms with Crippen molar-refractivity contribution in [3.05, 3.63) is 71.9 Å². The van der Waals surface area contributed by atoms with E-state index in [-0.39, 0.29) is 70.0 Å². The molecule has 94 heavy (non-hydrogen) atoms. The van der Waals surface area contributed by atoms with Crippen LogP contribution in [0.2, 0.25) is 0 Å². The molecular weight excluding hydrogens is 1200 g/mol. The normalized spacial score (nSPS) is 13.0. The number of hydrogen-bond acceptors (Lipinski definition) is 13. The van der Waals surface area contributed by atoms with E-state index in [4.69, 9.17) is 17.2 Å². The molecule has 522 valence electrons. The minimum Gasteiger partial charge on any atom is -0.370 e. The van der Waals surface area contributed by atoms with Crippen molar-refractivity contribution >= 4 is 82.1 Å². The summed E-state index contributed by atoms with van der Waals surface area (Å²) in [5.41, 5.74) is 21.7. The van der Waals surface area contributed by atoms with Gasteiger partial charge in [-0.05, 0) is 75.5 Å². The van der Waals surface area contributed by atoms with Gasteiger partial charge in [0.1, 0.15) is 49.0 Å². The van der Waals surface area contributed by atoms with Crippen molar-refractivity contribution in [2.75, 3.05) is 32.7 Å². The minimum absolute atomic E-state index is 0.00190. The number of aromatic amines is 1. The van der Waals surface area contributed by atoms with Gasteiger partial charge < -0.3 is 75.5 Å². The number of benzene rings is 2. The highest BCUT2D eigenvalue weighted by Gasteiger charge is 2.33. The highest BCUT2D eigenvalue weighted by atomic mass is 16.2. The molecule has 0 saturated carbocycles. The van der Waals surface area contributed by atoms with Crippen molar-refractivity contribution in [3.8, 4) is 0 Å². The maximum Gasteiger partial charge on any atom is 0.264 e. The lowest BCUT2D eigenvalue weighted by Crippen LogP contribution is -2.59. The first kappa shape index (κ1) is 79.7. The largest absolute Gasteiger partial charge is 0.370 e. The van der Waals surface area contributed by atoms with Crippen molar-refractivity contribution < 1.29 is 47.9 Å². The van der Waals surface area contributed by atoms with Crippen LogP contribution < -0.4 is 70.5 Å². The van der Waals surface area contributed by atoms with Gasteiger partial charge in [-0.3, -0.25) is 52.9 Å². The van der Waals surface area contributed by atoms with Gasteiger partial charge in [-0.2, -0.15) is 5.10 Å². The van der Waals surface area contributed by atoms with Crippen molar-refractivity contribution in [2.45, 2.75) is 237 Å². The predicted octanol–water partition coefficient (Wildman–Crippen LogP) is 4.38. The van der Waals surface area contributed by atoms with E-state index in [0.29, 0.717) is 56.3 Å². The van der Waals surface area contributed by atoms with Crippen LogP contribution in [-0.4, -0.2) is 145 Å². The van der Waals surface area contributed by atoms with Crippen molar-refractivity contribution in [3.63, 3.8) is 0 Å². The number of amides is 10. The van der Waals surface area contributed by atoms with E-state index in [9.17, 15) is 47.9 Å². The fraction of sp³-hybridized carbons (Fsp3) is 0.618. The number of unbranched alkanes of at least 4 members (excludes halogenated alkanes) is 16. The standard InChI is InChI=1S/C68H110N16O10/c1-5-7-9-10-11-12-13-14-15-16-17-18-19-20-24-38-59(86)72-41-30-42-74-61(88)47-78-77-46-60(87)73-39-28-27-36-55(81-63(90)48(3)79-64(91)54(34-8-6-2)80-49(4)85)66(93)84-58(43-50-31-22-21-23-32-50)67(94)82-56(37-29-40-75-68(70)71)65(92)83-57(62(69)89)44-51-45-76-53-35-26-25-33-52(51)53/h21-23,25-26,31-33,35,45,47-48,54-58,76-77H,5-20,24,27-30,34,36-44,46H2,1-4H3,(H2,69,89)(H,72,86)(H,73,87)(H,74,88)(H,79,91)(H,80,85)(H,81,90)(H,82,94)(H,83,92)(H,84,93)(H4,70,71,75)/b78-47+/t48-,54-,55-,56-,57-,58+/m0/s1. The number of rotatable bonds is 52. The zero-order valence-corrected chi connectivity index (χ0v) is 56.2. The molecule has 0 bridgehead atoms. The first-order valence-electron chi connectivity index (χ1n) is 34.1. The number of H-pyrrole nitrogens is 1. The molecule has 0 radical (unpaired) electrons. The lowest BCUT2D eigenvalue weighted by Gasteiger charge is -2.27. The molecule has 2 aromatic carbocycles. The number of hydrazone groups is 1. The summed E-state index contributed by atoms with van der Waals surface area (Å²) < 4.78 is 0. The summed E-state index contributed by atoms with van der Waals surface area (Å²) in [5, 5.41) is 29.2. The lowest BCUT2D eigenvalue weighted by atomic mass is 10.0. The minimum atomic E-state index is -1.35. The first-order valence-corrected chi connectivity index (χ1v) is 34.1. The number of aromatic nitrogens is 1. The van der Waals surface area contributed by atoms with Gasteiger partial charge in [-0.1, -0.05) is 165 Å². The van der Waals surface area contributed by atoms with Crippen LogP contribution in [0.4, 0.5) is 0 Å². The molecule has 0 aliphatic heterocycles. The monoisotopic (exact) mass is 1310 g/mol. The summed E-state index contributed by atoms with van der Waals surface area (Å²) >= 11 is 0. The Labute approximate surface area is 555 Å². The van der Waals surface area contributed by atoms with Gasteiger partial charge in [0.15, 0.2) is 5.96 Å². The molecule has 26 nitrogen and oxygen atoms in total. The molecular formula is C68H110N16O10. The molecule has 10 amide bonds. The third-order valence-electron chi connectivity index (χ3n) is 15.9. The number of guanidine groups is 1. The molecule has 6 atom stereocenters. The van der Waals surface area contributed by atoms with E-state index in [1.165, 1.54) is 90.9 Å². The Kier molecular flexibility index (Phi) is 40.8. The van der Waals surface area contributed by atoms with Gasteiger partial charge in [-0.25, -0.2) is 0 Å². The van der Waals surface area contributed by atoms with Crippen LogP contribution in [0.1, 0.15) is 199 Å². The third kappa shape index (κ3) is 35.5. The van der Waals surface area contributed by atoms with Crippen LogP contribution in [0.25, 0.3) is 10.9 Å². The van der Waals surface area contributed by atoms with Crippen LogP contribution in [0.5, 0.6) is 0 Å². The fourth-order valence-electron chi connectivity index (χ4n) is 10.6. The molecule has 0 saturated heterocycles. The van der Waals surface area contributed by atoms with Crippen LogP contribution in [0.15, 0.2) is 70.9 Å². The molecule has 3 rings (SSSR count). The Morgan fingerprint density at radius 3 is 1.64 bits per heavy atom. The Hall–Kier alpha value is -8.58. The summed E-state index contributed by atoms with van der Waals surface area (Å²) in [5.74, 6) is -6.02. The molecule has 17 N–H and O–H groups in total. The Morgan fingerprint density at radius 2 is 1.01 bits per heavy atom. The van der Waals surface area contributed by atoms with Gasteiger partial charge in [0.05, 0.1) is 0 Å². The highest BCUT2D eigenvalue weighted by Crippen LogP contribution is 2.20. The topological polar surface area (TPSA) is 410 Å². The number of carbonyl (C=O) groups excluding carboxylic acids is 10. The zero-order chi connectivity index (χ0) is 68.7. The van der Waals surface area contributed by atoms with Crippen molar-refractivity contribution in [1.29, 1.82) is 0 Å². The van der Waals surface area contributed by atoms with E-state index >= 15 is 0 Å². The quantitative estimate of drug-likeness (QED) is 0.0162. The molecule has 0 aliphatic carbocycles. The number of nitrogens with two attached hydrogens (primary N) is 3. The summed E-state index contributed by atoms with van der Waals surface area (Å²) in [6.07, 6.45) is 25.1. The first-order chi connectivity index (χ1) is 45.3. The summed E-state index contributed by atoms with van der Waals surface area (Å²) in [4.78, 5) is 140. The average molecular weight is 1310 g/mol. The van der Waals surface area contributed by atoms with E-state index in [1.54, 1.807) is 36.5 Å². The van der Waals surface area contributed by atoms with Gasteiger partial charge in [0.2, 0.25) is 53.2 Å².